The highest BCUT2D eigenvalue weighted by Gasteiger charge is 2.31. The van der Waals surface area contributed by atoms with Gasteiger partial charge >= 0.3 is 6.36 Å². The average Bonchev–Trinajstić information content (AvgIpc) is 3.54. The highest BCUT2D eigenvalue weighted by molar-refractivity contribution is 6.32. The van der Waals surface area contributed by atoms with E-state index in [1.165, 1.54) is 36.7 Å². The lowest BCUT2D eigenvalue weighted by molar-refractivity contribution is -0.604. The van der Waals surface area contributed by atoms with E-state index >= 15 is 0 Å². The van der Waals surface area contributed by atoms with Crippen molar-refractivity contribution >= 4 is 23.2 Å². The van der Waals surface area contributed by atoms with E-state index in [2.05, 4.69) is 10.1 Å². The monoisotopic (exact) mass is 464 g/mol. The summed E-state index contributed by atoms with van der Waals surface area (Å²) in [6.07, 6.45) is -0.415. The Balaban J connectivity index is 1.62. The van der Waals surface area contributed by atoms with Gasteiger partial charge in [-0.15, -0.1) is 13.2 Å². The van der Waals surface area contributed by atoms with Gasteiger partial charge in [-0.1, -0.05) is 11.6 Å². The molecule has 0 atom stereocenters. The van der Waals surface area contributed by atoms with Crippen LogP contribution in [0.2, 0.25) is 5.02 Å². The fraction of sp³-hybridized carbons (Fsp3) is 0.182. The summed E-state index contributed by atoms with van der Waals surface area (Å²) < 4.78 is 47.3. The molecule has 1 aliphatic rings. The first-order valence-electron chi connectivity index (χ1n) is 9.55. The van der Waals surface area contributed by atoms with E-state index in [9.17, 15) is 23.2 Å². The number of benzene rings is 2. The SMILES string of the molecule is O=C(Nc1ccc[n+]([O-])c1)c1cc(Cl)c(C2CC2)cc1Oc1ccc(OC(F)(F)F)cc1. The molecule has 0 bridgehead atoms. The minimum absolute atomic E-state index is 0.108. The predicted octanol–water partition coefficient (Wildman–Crippen LogP) is 5.79. The van der Waals surface area contributed by atoms with Crippen LogP contribution in [0.25, 0.3) is 0 Å². The summed E-state index contributed by atoms with van der Waals surface area (Å²) in [5.74, 6) is -0.308. The number of pyridine rings is 1. The number of nitrogens with zero attached hydrogens (tertiary/aromatic N) is 1. The van der Waals surface area contributed by atoms with Gasteiger partial charge in [0.15, 0.2) is 6.20 Å². The summed E-state index contributed by atoms with van der Waals surface area (Å²) >= 11 is 6.38. The number of hydrogen-bond donors (Lipinski definition) is 1. The summed E-state index contributed by atoms with van der Waals surface area (Å²) in [6, 6.07) is 11.0. The van der Waals surface area contributed by atoms with Crippen LogP contribution < -0.4 is 19.5 Å². The quantitative estimate of drug-likeness (QED) is 0.370. The van der Waals surface area contributed by atoms with E-state index in [-0.39, 0.29) is 28.7 Å². The van der Waals surface area contributed by atoms with E-state index < -0.39 is 18.0 Å². The van der Waals surface area contributed by atoms with Crippen LogP contribution in [0, 0.1) is 5.21 Å². The maximum atomic E-state index is 12.9. The normalized spacial score (nSPS) is 13.5. The Morgan fingerprint density at radius 3 is 2.44 bits per heavy atom. The van der Waals surface area contributed by atoms with Crippen LogP contribution in [0.15, 0.2) is 60.9 Å². The second kappa shape index (κ2) is 8.58. The van der Waals surface area contributed by atoms with Gasteiger partial charge in [0, 0.05) is 11.1 Å². The molecule has 4 rings (SSSR count). The van der Waals surface area contributed by atoms with E-state index in [1.54, 1.807) is 12.1 Å². The number of anilines is 1. The Morgan fingerprint density at radius 1 is 1.12 bits per heavy atom. The van der Waals surface area contributed by atoms with Crippen LogP contribution in [-0.4, -0.2) is 12.3 Å². The molecular weight excluding hydrogens is 449 g/mol. The summed E-state index contributed by atoms with van der Waals surface area (Å²) in [5, 5.41) is 14.5. The molecule has 0 spiro atoms. The zero-order valence-electron chi connectivity index (χ0n) is 16.4. The Hall–Kier alpha value is -3.46. The highest BCUT2D eigenvalue weighted by Crippen LogP contribution is 2.46. The van der Waals surface area contributed by atoms with Gasteiger partial charge in [0.25, 0.3) is 5.91 Å². The molecule has 3 aromatic rings. The minimum Gasteiger partial charge on any atom is -0.619 e. The van der Waals surface area contributed by atoms with Crippen LogP contribution in [0.5, 0.6) is 17.2 Å². The molecule has 0 aliphatic heterocycles. The van der Waals surface area contributed by atoms with Gasteiger partial charge in [-0.05, 0) is 66.8 Å². The van der Waals surface area contributed by atoms with Crippen LogP contribution in [0.4, 0.5) is 18.9 Å². The number of hydrogen-bond acceptors (Lipinski definition) is 4. The largest absolute Gasteiger partial charge is 0.619 e. The summed E-state index contributed by atoms with van der Waals surface area (Å²) in [6.45, 7) is 0. The van der Waals surface area contributed by atoms with E-state index in [1.807, 2.05) is 0 Å². The van der Waals surface area contributed by atoms with Gasteiger partial charge in [-0.3, -0.25) is 4.79 Å². The van der Waals surface area contributed by atoms with Gasteiger partial charge in [0.2, 0.25) is 6.20 Å². The fourth-order valence-electron chi connectivity index (χ4n) is 3.10. The fourth-order valence-corrected chi connectivity index (χ4v) is 3.42. The lowest BCUT2D eigenvalue weighted by atomic mass is 10.1. The molecular formula is C22H16ClF3N2O4. The maximum Gasteiger partial charge on any atom is 0.573 e. The van der Waals surface area contributed by atoms with Crippen molar-refractivity contribution in [2.24, 2.45) is 0 Å². The third-order valence-corrected chi connectivity index (χ3v) is 5.01. The average molecular weight is 465 g/mol. The number of alkyl halides is 3. The Kier molecular flexibility index (Phi) is 5.84. The van der Waals surface area contributed by atoms with Crippen molar-refractivity contribution in [3.63, 3.8) is 0 Å². The topological polar surface area (TPSA) is 74.5 Å². The molecule has 0 saturated heterocycles. The number of carbonyl (C=O) groups is 1. The summed E-state index contributed by atoms with van der Waals surface area (Å²) in [7, 11) is 0. The first-order chi connectivity index (χ1) is 15.2. The first kappa shape index (κ1) is 21.8. The smallest absolute Gasteiger partial charge is 0.573 e. The van der Waals surface area contributed by atoms with Crippen molar-refractivity contribution in [3.05, 3.63) is 82.3 Å². The maximum absolute atomic E-state index is 12.9. The number of nitrogens with one attached hydrogen (secondary N) is 1. The highest BCUT2D eigenvalue weighted by atomic mass is 35.5. The van der Waals surface area contributed by atoms with Crippen LogP contribution >= 0.6 is 11.6 Å². The van der Waals surface area contributed by atoms with Crippen molar-refractivity contribution in [3.8, 4) is 17.2 Å². The van der Waals surface area contributed by atoms with E-state index in [0.29, 0.717) is 9.75 Å². The zero-order valence-corrected chi connectivity index (χ0v) is 17.1. The first-order valence-corrected chi connectivity index (χ1v) is 9.93. The molecule has 0 radical (unpaired) electrons. The van der Waals surface area contributed by atoms with Gasteiger partial charge in [-0.25, -0.2) is 0 Å². The molecule has 1 saturated carbocycles. The molecule has 6 nitrogen and oxygen atoms in total. The Bertz CT molecular complexity index is 1150. The third-order valence-electron chi connectivity index (χ3n) is 4.68. The number of ether oxygens (including phenoxy) is 2. The zero-order chi connectivity index (χ0) is 22.9. The summed E-state index contributed by atoms with van der Waals surface area (Å²) in [4.78, 5) is 12.9. The van der Waals surface area contributed by atoms with Crippen LogP contribution in [0.3, 0.4) is 0 Å². The molecule has 1 amide bonds. The summed E-state index contributed by atoms with van der Waals surface area (Å²) in [5.41, 5.74) is 1.21. The molecule has 1 aromatic heterocycles. The molecule has 1 N–H and O–H groups in total. The predicted molar refractivity (Wildman–Crippen MR) is 110 cm³/mol. The van der Waals surface area contributed by atoms with Crippen molar-refractivity contribution in [2.75, 3.05) is 5.32 Å². The molecule has 1 fully saturated rings. The van der Waals surface area contributed by atoms with Crippen molar-refractivity contribution in [1.82, 2.24) is 0 Å². The molecule has 1 heterocycles. The van der Waals surface area contributed by atoms with Gasteiger partial charge < -0.3 is 20.0 Å². The Morgan fingerprint density at radius 2 is 1.81 bits per heavy atom. The molecule has 2 aromatic carbocycles. The lowest BCUT2D eigenvalue weighted by Gasteiger charge is -2.15. The molecule has 166 valence electrons. The Labute approximate surface area is 185 Å². The van der Waals surface area contributed by atoms with E-state index in [0.717, 1.165) is 30.5 Å². The number of rotatable bonds is 6. The van der Waals surface area contributed by atoms with E-state index in [4.69, 9.17) is 16.3 Å². The third kappa shape index (κ3) is 5.42. The van der Waals surface area contributed by atoms with Crippen LogP contribution in [0.1, 0.15) is 34.7 Å². The van der Waals surface area contributed by atoms with Gasteiger partial charge in [-0.2, -0.15) is 4.73 Å². The lowest BCUT2D eigenvalue weighted by Crippen LogP contribution is -2.25. The van der Waals surface area contributed by atoms with Crippen molar-refractivity contribution in [2.45, 2.75) is 25.1 Å². The number of aromatic nitrogens is 1. The van der Waals surface area contributed by atoms with Gasteiger partial charge in [0.05, 0.1) is 5.56 Å². The second-order valence-corrected chi connectivity index (χ2v) is 7.58. The molecule has 10 heteroatoms. The van der Waals surface area contributed by atoms with Crippen molar-refractivity contribution in [1.29, 1.82) is 0 Å². The number of carbonyl (C=O) groups excluding carboxylic acids is 1. The molecule has 1 aliphatic carbocycles. The van der Waals surface area contributed by atoms with Gasteiger partial charge in [0.1, 0.15) is 22.9 Å². The van der Waals surface area contributed by atoms with Crippen molar-refractivity contribution < 1.29 is 32.2 Å². The number of halogens is 4. The van der Waals surface area contributed by atoms with Crippen LogP contribution in [-0.2, 0) is 0 Å². The molecule has 32 heavy (non-hydrogen) atoms. The minimum atomic E-state index is -4.80. The standard InChI is InChI=1S/C22H16ClF3N2O4/c23-19-10-18(21(29)27-14-2-1-9-28(30)12-14)20(11-17(19)13-3-4-13)31-15-5-7-16(8-6-15)32-22(24,25)26/h1-2,5-13H,3-4H2,(H,27,29). The second-order valence-electron chi connectivity index (χ2n) is 7.17. The molecule has 0 unspecified atom stereocenters. The number of amides is 1.